The van der Waals surface area contributed by atoms with Gasteiger partial charge < -0.3 is 20.2 Å². The number of primary amides is 1. The Bertz CT molecular complexity index is 1050. The Morgan fingerprint density at radius 1 is 1.29 bits per heavy atom. The van der Waals surface area contributed by atoms with E-state index in [2.05, 4.69) is 14.9 Å². The zero-order valence-electron chi connectivity index (χ0n) is 17.6. The van der Waals surface area contributed by atoms with E-state index in [-0.39, 0.29) is 28.2 Å². The fourth-order valence-electron chi connectivity index (χ4n) is 3.92. The highest BCUT2D eigenvalue weighted by molar-refractivity contribution is 7.20. The number of esters is 2. The molecule has 3 rings (SSSR count). The number of hydrogen-bond acceptors (Lipinski definition) is 9. The molecule has 1 saturated heterocycles. The van der Waals surface area contributed by atoms with Crippen molar-refractivity contribution < 1.29 is 23.9 Å². The van der Waals surface area contributed by atoms with Crippen LogP contribution in [0.5, 0.6) is 0 Å². The molecule has 11 heteroatoms. The number of nitrogens with one attached hydrogen (secondary N) is 1. The molecular weight excluding hydrogens is 424 g/mol. The summed E-state index contributed by atoms with van der Waals surface area (Å²) in [5.74, 6) is -0.637. The number of nitrogens with zero attached hydrogens (tertiary/aromatic N) is 2. The van der Waals surface area contributed by atoms with E-state index in [9.17, 15) is 19.2 Å². The van der Waals surface area contributed by atoms with Gasteiger partial charge in [0.1, 0.15) is 15.5 Å². The van der Waals surface area contributed by atoms with Crippen LogP contribution in [-0.2, 0) is 32.0 Å². The summed E-state index contributed by atoms with van der Waals surface area (Å²) in [5.41, 5.74) is 5.12. The third-order valence-corrected chi connectivity index (χ3v) is 6.51. The Balaban J connectivity index is 1.86. The third-order valence-electron chi connectivity index (χ3n) is 5.40. The lowest BCUT2D eigenvalue weighted by atomic mass is 9.93. The number of methoxy groups -OCH3 is 2. The quantitative estimate of drug-likeness (QED) is 0.566. The summed E-state index contributed by atoms with van der Waals surface area (Å²) < 4.78 is 9.50. The Hall–Kier alpha value is -2.79. The van der Waals surface area contributed by atoms with Gasteiger partial charge in [-0.05, 0) is 31.7 Å². The minimum absolute atomic E-state index is 0.169. The second kappa shape index (κ2) is 10.0. The Labute approximate surface area is 182 Å². The molecule has 0 saturated carbocycles. The van der Waals surface area contributed by atoms with Gasteiger partial charge in [0.05, 0.1) is 32.6 Å². The molecule has 2 aromatic rings. The Morgan fingerprint density at radius 2 is 2.06 bits per heavy atom. The van der Waals surface area contributed by atoms with E-state index in [4.69, 9.17) is 15.2 Å². The lowest BCUT2D eigenvalue weighted by Crippen LogP contribution is -2.36. The van der Waals surface area contributed by atoms with Crippen LogP contribution >= 0.6 is 11.3 Å². The summed E-state index contributed by atoms with van der Waals surface area (Å²) in [6.07, 6.45) is 2.92. The van der Waals surface area contributed by atoms with E-state index >= 15 is 0 Å². The molecule has 0 radical (unpaired) electrons. The number of hydrogen-bond donors (Lipinski definition) is 2. The van der Waals surface area contributed by atoms with Gasteiger partial charge in [0.2, 0.25) is 5.91 Å². The molecule has 1 amide bonds. The maximum atomic E-state index is 12.8. The SMILES string of the molecule is COC(=O)Cc1c(C(=O)OC)sc2nc(CN3CCCC(CCC(N)=O)C3)[nH]c(=O)c12. The molecule has 0 aliphatic carbocycles. The number of carbonyl (C=O) groups is 3. The number of aromatic nitrogens is 2. The lowest BCUT2D eigenvalue weighted by molar-refractivity contribution is -0.139. The van der Waals surface area contributed by atoms with Gasteiger partial charge >= 0.3 is 11.9 Å². The number of likely N-dealkylation sites (tertiary alicyclic amines) is 1. The molecule has 1 aliphatic rings. The van der Waals surface area contributed by atoms with Crippen LogP contribution in [0.2, 0.25) is 0 Å². The van der Waals surface area contributed by atoms with Crippen LogP contribution < -0.4 is 11.3 Å². The number of thiophene rings is 1. The van der Waals surface area contributed by atoms with Gasteiger partial charge in [0.15, 0.2) is 0 Å². The molecule has 0 bridgehead atoms. The van der Waals surface area contributed by atoms with Crippen LogP contribution in [0.3, 0.4) is 0 Å². The minimum atomic E-state index is -0.629. The number of carbonyl (C=O) groups excluding carboxylic acids is 3. The van der Waals surface area contributed by atoms with Crippen molar-refractivity contribution >= 4 is 39.4 Å². The summed E-state index contributed by atoms with van der Waals surface area (Å²) in [7, 11) is 2.48. The highest BCUT2D eigenvalue weighted by Crippen LogP contribution is 2.29. The number of aromatic amines is 1. The molecule has 31 heavy (non-hydrogen) atoms. The Morgan fingerprint density at radius 3 is 2.74 bits per heavy atom. The molecule has 0 aromatic carbocycles. The molecule has 3 heterocycles. The number of amides is 1. The third kappa shape index (κ3) is 5.47. The largest absolute Gasteiger partial charge is 0.469 e. The number of nitrogens with two attached hydrogens (primary N) is 1. The number of ether oxygens (including phenoxy) is 2. The zero-order valence-corrected chi connectivity index (χ0v) is 18.4. The Kier molecular flexibility index (Phi) is 7.39. The fraction of sp³-hybridized carbons (Fsp3) is 0.550. The van der Waals surface area contributed by atoms with Crippen LogP contribution in [0, 0.1) is 5.92 Å². The summed E-state index contributed by atoms with van der Waals surface area (Å²) in [6, 6.07) is 0. The highest BCUT2D eigenvalue weighted by Gasteiger charge is 2.26. The molecule has 168 valence electrons. The maximum Gasteiger partial charge on any atom is 0.348 e. The summed E-state index contributed by atoms with van der Waals surface area (Å²) in [4.78, 5) is 58.0. The van der Waals surface area contributed by atoms with Crippen molar-refractivity contribution in [3.8, 4) is 0 Å². The second-order valence-corrected chi connectivity index (χ2v) is 8.59. The van der Waals surface area contributed by atoms with Crippen LogP contribution in [0.25, 0.3) is 10.2 Å². The first-order chi connectivity index (χ1) is 14.8. The number of H-pyrrole nitrogens is 1. The summed E-state index contributed by atoms with van der Waals surface area (Å²) in [5, 5.41) is 0.206. The van der Waals surface area contributed by atoms with Crippen molar-refractivity contribution in [2.24, 2.45) is 11.7 Å². The molecule has 2 aromatic heterocycles. The molecule has 0 spiro atoms. The monoisotopic (exact) mass is 450 g/mol. The predicted octanol–water partition coefficient (Wildman–Crippen LogP) is 0.964. The molecule has 1 aliphatic heterocycles. The molecule has 3 N–H and O–H groups in total. The molecule has 1 fully saturated rings. The standard InChI is InChI=1S/C20H26N4O6S/c1-29-15(26)8-12-16-18(27)22-14(23-19(16)31-17(12)20(28)30-2)10-24-7-3-4-11(9-24)5-6-13(21)25/h11H,3-10H2,1-2H3,(H2,21,25)(H,22,23,27). The lowest BCUT2D eigenvalue weighted by Gasteiger charge is -2.32. The first-order valence-corrected chi connectivity index (χ1v) is 10.8. The average Bonchev–Trinajstić information content (AvgIpc) is 3.10. The van der Waals surface area contributed by atoms with E-state index in [1.54, 1.807) is 0 Å². The topological polar surface area (TPSA) is 145 Å². The van der Waals surface area contributed by atoms with Gasteiger partial charge in [-0.25, -0.2) is 9.78 Å². The van der Waals surface area contributed by atoms with Crippen molar-refractivity contribution in [1.82, 2.24) is 14.9 Å². The number of rotatable bonds is 8. The van der Waals surface area contributed by atoms with Crippen molar-refractivity contribution in [2.45, 2.75) is 38.6 Å². The smallest absolute Gasteiger partial charge is 0.348 e. The highest BCUT2D eigenvalue weighted by atomic mass is 32.1. The van der Waals surface area contributed by atoms with Gasteiger partial charge in [0.25, 0.3) is 5.56 Å². The van der Waals surface area contributed by atoms with Gasteiger partial charge in [0, 0.05) is 18.5 Å². The van der Waals surface area contributed by atoms with Gasteiger partial charge in [-0.15, -0.1) is 11.3 Å². The number of piperidine rings is 1. The van der Waals surface area contributed by atoms with E-state index in [0.717, 1.165) is 43.7 Å². The second-order valence-electron chi connectivity index (χ2n) is 7.60. The van der Waals surface area contributed by atoms with Crippen LogP contribution in [0.15, 0.2) is 4.79 Å². The van der Waals surface area contributed by atoms with Gasteiger partial charge in [-0.2, -0.15) is 0 Å². The van der Waals surface area contributed by atoms with E-state index in [0.29, 0.717) is 29.5 Å². The van der Waals surface area contributed by atoms with Crippen molar-refractivity contribution in [1.29, 1.82) is 0 Å². The van der Waals surface area contributed by atoms with Crippen LogP contribution in [0.1, 0.15) is 46.7 Å². The van der Waals surface area contributed by atoms with Crippen LogP contribution in [-0.4, -0.2) is 60.0 Å². The van der Waals surface area contributed by atoms with Crippen LogP contribution in [0.4, 0.5) is 0 Å². The molecule has 10 nitrogen and oxygen atoms in total. The minimum Gasteiger partial charge on any atom is -0.469 e. The predicted molar refractivity (Wildman–Crippen MR) is 114 cm³/mol. The normalized spacial score (nSPS) is 16.9. The first-order valence-electron chi connectivity index (χ1n) is 10.0. The van der Waals surface area contributed by atoms with Crippen molar-refractivity contribution in [2.75, 3.05) is 27.3 Å². The van der Waals surface area contributed by atoms with E-state index < -0.39 is 17.5 Å². The van der Waals surface area contributed by atoms with Crippen molar-refractivity contribution in [3.05, 3.63) is 26.6 Å². The fourth-order valence-corrected chi connectivity index (χ4v) is 5.05. The average molecular weight is 451 g/mol. The number of fused-ring (bicyclic) bond motifs is 1. The van der Waals surface area contributed by atoms with E-state index in [1.165, 1.54) is 14.2 Å². The first kappa shape index (κ1) is 22.9. The molecule has 1 unspecified atom stereocenters. The molecular formula is C20H26N4O6S. The van der Waals surface area contributed by atoms with Crippen molar-refractivity contribution in [3.63, 3.8) is 0 Å². The maximum absolute atomic E-state index is 12.8. The van der Waals surface area contributed by atoms with Gasteiger partial charge in [-0.3, -0.25) is 19.3 Å². The zero-order chi connectivity index (χ0) is 22.5. The van der Waals surface area contributed by atoms with E-state index in [1.807, 2.05) is 0 Å². The summed E-state index contributed by atoms with van der Waals surface area (Å²) in [6.45, 7) is 2.09. The summed E-state index contributed by atoms with van der Waals surface area (Å²) >= 11 is 1.03. The van der Waals surface area contributed by atoms with Gasteiger partial charge in [-0.1, -0.05) is 0 Å². The molecule has 1 atom stereocenters.